The number of alkyl halides is 1. The van der Waals surface area contributed by atoms with Gasteiger partial charge in [-0.3, -0.25) is 14.7 Å². The second-order valence-electron chi connectivity index (χ2n) is 13.0. The van der Waals surface area contributed by atoms with Crippen LogP contribution in [-0.4, -0.2) is 80.9 Å². The van der Waals surface area contributed by atoms with E-state index >= 15 is 4.39 Å². The van der Waals surface area contributed by atoms with Crippen LogP contribution in [0.1, 0.15) is 53.3 Å². The molecule has 0 bridgehead atoms. The lowest BCUT2D eigenvalue weighted by Crippen LogP contribution is -2.54. The summed E-state index contributed by atoms with van der Waals surface area (Å²) in [5.41, 5.74) is -2.57. The highest BCUT2D eigenvalue weighted by atomic mass is 19.1. The summed E-state index contributed by atoms with van der Waals surface area (Å²) in [5, 5.41) is 14.2. The Kier molecular flexibility index (Phi) is 6.42. The first kappa shape index (κ1) is 27.5. The summed E-state index contributed by atoms with van der Waals surface area (Å²) < 4.78 is 70.8. The van der Waals surface area contributed by atoms with E-state index in [1.807, 2.05) is 4.90 Å². The van der Waals surface area contributed by atoms with Gasteiger partial charge in [0, 0.05) is 43.2 Å². The number of nitrogens with zero attached hydrogens (tertiary/aromatic N) is 5. The average Bonchev–Trinajstić information content (AvgIpc) is 3.74. The highest BCUT2D eigenvalue weighted by Gasteiger charge is 2.50. The van der Waals surface area contributed by atoms with Crippen molar-refractivity contribution in [2.75, 3.05) is 37.6 Å². The minimum absolute atomic E-state index is 0.0280. The number of amides is 1. The molecule has 8 rings (SSSR count). The Morgan fingerprint density at radius 2 is 2.06 bits per heavy atom. The van der Waals surface area contributed by atoms with Gasteiger partial charge >= 0.3 is 6.01 Å². The number of aromatic nitrogens is 3. The van der Waals surface area contributed by atoms with Crippen molar-refractivity contribution in [3.63, 3.8) is 0 Å². The average molecular weight is 645 g/mol. The fraction of sp³-hybridized carbons (Fsp3) is 0.429. The van der Waals surface area contributed by atoms with Crippen LogP contribution >= 0.6 is 0 Å². The fourth-order valence-corrected chi connectivity index (χ4v) is 8.09. The molecule has 1 spiro atoms. The maximum atomic E-state index is 17.0. The van der Waals surface area contributed by atoms with Gasteiger partial charge in [-0.1, -0.05) is 12.0 Å². The summed E-state index contributed by atoms with van der Waals surface area (Å²) in [6.45, 7) is -1.03. The summed E-state index contributed by atoms with van der Waals surface area (Å²) >= 11 is 0. The molecule has 4 aliphatic heterocycles. The lowest BCUT2D eigenvalue weighted by Gasteiger charge is -2.45. The maximum absolute atomic E-state index is 17.0. The van der Waals surface area contributed by atoms with Crippen molar-refractivity contribution in [2.45, 2.75) is 62.2 Å². The van der Waals surface area contributed by atoms with E-state index in [2.05, 4.69) is 26.2 Å². The van der Waals surface area contributed by atoms with E-state index in [0.717, 1.165) is 12.8 Å². The number of nitrogens with one attached hydrogen (secondary N) is 1. The first-order chi connectivity index (χ1) is 23.4. The largest absolute Gasteiger partial charge is 0.508 e. The molecule has 0 aliphatic carbocycles. The standard InChI is InChI=1S/C35H33F3N6O3/c1-2-23-26(37)7-6-20-12-22(45)13-24(28(20)23)30-29(38)31-25(16-39-30)32(44-11-4-3-8-34(44)15-27(46)40-18-34)42-33(41-31)47-19-35-9-5-10-43(35)17-21(36)14-35/h1,6-7,12-13,16,21,45H,3-5,8-11,14-15,17-19H2,(H,40,46)/t21-,34+,35+/m1/s1/i19D2. The number of rotatable bonds is 5. The molecule has 4 fully saturated rings. The summed E-state index contributed by atoms with van der Waals surface area (Å²) in [6.07, 6.45) is 9.26. The number of carbonyl (C=O) groups is 1. The van der Waals surface area contributed by atoms with Gasteiger partial charge in [-0.2, -0.15) is 9.97 Å². The molecule has 0 saturated carbocycles. The van der Waals surface area contributed by atoms with Gasteiger partial charge in [0.25, 0.3) is 0 Å². The van der Waals surface area contributed by atoms with Crippen LogP contribution in [0.3, 0.4) is 0 Å². The topological polar surface area (TPSA) is 104 Å². The van der Waals surface area contributed by atoms with Gasteiger partial charge in [0.2, 0.25) is 5.91 Å². The molecular weight excluding hydrogens is 609 g/mol. The molecule has 4 aliphatic rings. The zero-order valence-corrected chi connectivity index (χ0v) is 25.5. The van der Waals surface area contributed by atoms with Gasteiger partial charge in [0.15, 0.2) is 5.82 Å². The second-order valence-corrected chi connectivity index (χ2v) is 13.0. The Balaban J connectivity index is 1.34. The molecular formula is C35H33F3N6O3. The molecule has 47 heavy (non-hydrogen) atoms. The third-order valence-corrected chi connectivity index (χ3v) is 10.2. The molecule has 1 amide bonds. The Morgan fingerprint density at radius 1 is 1.19 bits per heavy atom. The second kappa shape index (κ2) is 11.0. The monoisotopic (exact) mass is 644 g/mol. The molecule has 9 nitrogen and oxygen atoms in total. The number of fused-ring (bicyclic) bond motifs is 3. The van der Waals surface area contributed by atoms with Crippen LogP contribution in [0.2, 0.25) is 0 Å². The molecule has 3 atom stereocenters. The van der Waals surface area contributed by atoms with Crippen LogP contribution < -0.4 is 15.0 Å². The van der Waals surface area contributed by atoms with E-state index in [9.17, 15) is 18.7 Å². The Labute approximate surface area is 272 Å². The summed E-state index contributed by atoms with van der Waals surface area (Å²) in [7, 11) is 0. The van der Waals surface area contributed by atoms with Gasteiger partial charge in [-0.25, -0.2) is 13.2 Å². The van der Waals surface area contributed by atoms with Gasteiger partial charge in [-0.05, 0) is 62.2 Å². The maximum Gasteiger partial charge on any atom is 0.319 e. The van der Waals surface area contributed by atoms with Crippen molar-refractivity contribution in [3.8, 4) is 35.4 Å². The van der Waals surface area contributed by atoms with Crippen LogP contribution in [0.5, 0.6) is 11.8 Å². The minimum Gasteiger partial charge on any atom is -0.508 e. The van der Waals surface area contributed by atoms with Gasteiger partial charge in [0.05, 0.1) is 31.2 Å². The SMILES string of the molecule is [2H]C([2H])(Oc1nc(N2CCCC[C@]23CNC(=O)C3)c2cnc(-c3cc(O)cc4ccc(F)c(C#C)c34)c(F)c2n1)[C@@]12CCCN1C[C@H](F)C2. The lowest BCUT2D eigenvalue weighted by molar-refractivity contribution is -0.119. The van der Waals surface area contributed by atoms with Gasteiger partial charge in [0.1, 0.15) is 41.3 Å². The third-order valence-electron chi connectivity index (χ3n) is 10.2. The third kappa shape index (κ3) is 4.74. The molecule has 4 saturated heterocycles. The number of anilines is 1. The highest BCUT2D eigenvalue weighted by Crippen LogP contribution is 2.44. The van der Waals surface area contributed by atoms with Crippen molar-refractivity contribution in [2.24, 2.45) is 0 Å². The molecule has 2 aromatic heterocycles. The minimum atomic E-state index is -2.45. The number of terminal acetylenes is 1. The molecule has 0 unspecified atom stereocenters. The molecule has 242 valence electrons. The van der Waals surface area contributed by atoms with Crippen LogP contribution in [-0.2, 0) is 4.79 Å². The molecule has 0 radical (unpaired) electrons. The Morgan fingerprint density at radius 3 is 2.87 bits per heavy atom. The summed E-state index contributed by atoms with van der Waals surface area (Å²) in [4.78, 5) is 29.8. The highest BCUT2D eigenvalue weighted by molar-refractivity contribution is 6.03. The van der Waals surface area contributed by atoms with Crippen LogP contribution in [0.15, 0.2) is 30.5 Å². The predicted octanol–water partition coefficient (Wildman–Crippen LogP) is 5.01. The quantitative estimate of drug-likeness (QED) is 0.292. The number of benzene rings is 2. The number of carbonyl (C=O) groups excluding carboxylic acids is 1. The number of halogens is 3. The Bertz CT molecular complexity index is 2100. The molecule has 2 aromatic carbocycles. The van der Waals surface area contributed by atoms with E-state index in [0.29, 0.717) is 44.3 Å². The zero-order valence-electron chi connectivity index (χ0n) is 27.5. The van der Waals surface area contributed by atoms with E-state index in [1.54, 1.807) is 4.90 Å². The Hall–Kier alpha value is -4.63. The van der Waals surface area contributed by atoms with Crippen molar-refractivity contribution >= 4 is 33.4 Å². The number of pyridine rings is 1. The van der Waals surface area contributed by atoms with E-state index in [1.165, 1.54) is 30.5 Å². The van der Waals surface area contributed by atoms with Crippen molar-refractivity contribution in [1.29, 1.82) is 0 Å². The van der Waals surface area contributed by atoms with E-state index in [-0.39, 0.29) is 70.0 Å². The number of hydrogen-bond acceptors (Lipinski definition) is 8. The van der Waals surface area contributed by atoms with Crippen LogP contribution in [0.25, 0.3) is 32.9 Å². The molecule has 4 aromatic rings. The number of aromatic hydroxyl groups is 1. The van der Waals surface area contributed by atoms with Crippen molar-refractivity contribution < 1.29 is 30.6 Å². The van der Waals surface area contributed by atoms with Crippen LogP contribution in [0, 0.1) is 24.0 Å². The van der Waals surface area contributed by atoms with Gasteiger partial charge in [-0.15, -0.1) is 6.42 Å². The van der Waals surface area contributed by atoms with E-state index in [4.69, 9.17) is 13.9 Å². The fourth-order valence-electron chi connectivity index (χ4n) is 8.09. The number of ether oxygens (including phenoxy) is 1. The molecule has 12 heteroatoms. The number of phenolic OH excluding ortho intramolecular Hbond substituents is 1. The molecule has 6 heterocycles. The number of phenols is 1. The van der Waals surface area contributed by atoms with Gasteiger partial charge < -0.3 is 20.1 Å². The van der Waals surface area contributed by atoms with E-state index < -0.39 is 41.5 Å². The number of hydrogen-bond donors (Lipinski definition) is 2. The smallest absolute Gasteiger partial charge is 0.319 e. The normalized spacial score (nSPS) is 26.8. The lowest BCUT2D eigenvalue weighted by atomic mass is 9.85. The zero-order chi connectivity index (χ0) is 34.3. The van der Waals surface area contributed by atoms with Crippen molar-refractivity contribution in [3.05, 3.63) is 47.7 Å². The molecule has 2 N–H and O–H groups in total. The first-order valence-electron chi connectivity index (χ1n) is 16.9. The first-order valence-corrected chi connectivity index (χ1v) is 15.9. The number of piperidine rings is 1. The summed E-state index contributed by atoms with van der Waals surface area (Å²) in [6, 6.07) is 4.76. The van der Waals surface area contributed by atoms with Crippen molar-refractivity contribution in [1.82, 2.24) is 25.2 Å². The summed E-state index contributed by atoms with van der Waals surface area (Å²) in [5.74, 6) is 0.532. The van der Waals surface area contributed by atoms with Crippen LogP contribution in [0.4, 0.5) is 19.0 Å². The predicted molar refractivity (Wildman–Crippen MR) is 170 cm³/mol.